The molecule has 3 aliphatic rings. The third-order valence-corrected chi connectivity index (χ3v) is 7.80. The van der Waals surface area contributed by atoms with E-state index in [0.29, 0.717) is 17.7 Å². The molecular weight excluding hydrogens is 387 g/mol. The van der Waals surface area contributed by atoms with E-state index in [0.717, 1.165) is 58.4 Å². The maximum Gasteiger partial charge on any atom is 0.233 e. The van der Waals surface area contributed by atoms with Crippen molar-refractivity contribution in [1.82, 2.24) is 9.80 Å². The largest absolute Gasteiger partial charge is 0.342 e. The van der Waals surface area contributed by atoms with E-state index in [9.17, 15) is 9.18 Å². The Balaban J connectivity index is 1.25. The first kappa shape index (κ1) is 20.7. The zero-order chi connectivity index (χ0) is 21.3. The summed E-state index contributed by atoms with van der Waals surface area (Å²) in [5, 5.41) is 0. The van der Waals surface area contributed by atoms with E-state index in [1.807, 2.05) is 18.2 Å². The molecule has 1 amide bonds. The van der Waals surface area contributed by atoms with Crippen LogP contribution in [0.15, 0.2) is 54.6 Å². The molecule has 5 rings (SSSR count). The molecule has 3 nitrogen and oxygen atoms in total. The maximum atomic E-state index is 13.8. The number of hydrogen-bond acceptors (Lipinski definition) is 2. The number of amides is 1. The normalized spacial score (nSPS) is 25.9. The zero-order valence-electron chi connectivity index (χ0n) is 18.3. The number of carbonyl (C=O) groups is 1. The highest BCUT2D eigenvalue weighted by Crippen LogP contribution is 2.48. The van der Waals surface area contributed by atoms with Crippen LogP contribution in [0, 0.1) is 11.7 Å². The van der Waals surface area contributed by atoms with Crippen LogP contribution in [-0.4, -0.2) is 48.4 Å². The number of benzene rings is 2. The van der Waals surface area contributed by atoms with Crippen molar-refractivity contribution in [3.8, 4) is 0 Å². The summed E-state index contributed by atoms with van der Waals surface area (Å²) in [6, 6.07) is 17.5. The van der Waals surface area contributed by atoms with Crippen molar-refractivity contribution in [3.63, 3.8) is 0 Å². The van der Waals surface area contributed by atoms with Crippen molar-refractivity contribution in [2.45, 2.75) is 49.9 Å². The van der Waals surface area contributed by atoms with Gasteiger partial charge in [-0.3, -0.25) is 4.79 Å². The zero-order valence-corrected chi connectivity index (χ0v) is 18.3. The standard InChI is InChI=1S/C27H33FN2O/c28-24-11-9-21(10-12-24)25-19-22(25)20-29-17-13-27(14-18-29,23-7-3-1-4-8-23)26(31)30-15-5-2-6-16-30/h1,3-4,7-12,22,25H,2,5-6,13-20H2. The second kappa shape index (κ2) is 8.74. The smallest absolute Gasteiger partial charge is 0.233 e. The molecule has 0 bridgehead atoms. The van der Waals surface area contributed by atoms with Gasteiger partial charge in [-0.05, 0) is 86.7 Å². The van der Waals surface area contributed by atoms with Crippen LogP contribution < -0.4 is 0 Å². The Labute approximate surface area is 185 Å². The summed E-state index contributed by atoms with van der Waals surface area (Å²) in [6.07, 6.45) is 6.51. The highest BCUT2D eigenvalue weighted by molar-refractivity contribution is 5.88. The van der Waals surface area contributed by atoms with Crippen molar-refractivity contribution in [2.24, 2.45) is 5.92 Å². The molecule has 2 saturated heterocycles. The van der Waals surface area contributed by atoms with Crippen LogP contribution in [0.25, 0.3) is 0 Å². The fraction of sp³-hybridized carbons (Fsp3) is 0.519. The fourth-order valence-corrected chi connectivity index (χ4v) is 5.80. The molecule has 0 radical (unpaired) electrons. The third kappa shape index (κ3) is 4.27. The molecule has 0 N–H and O–H groups in total. The lowest BCUT2D eigenvalue weighted by Crippen LogP contribution is -2.54. The molecule has 2 aromatic carbocycles. The van der Waals surface area contributed by atoms with Crippen LogP contribution in [0.2, 0.25) is 0 Å². The first-order chi connectivity index (χ1) is 15.2. The topological polar surface area (TPSA) is 23.6 Å². The van der Waals surface area contributed by atoms with Crippen LogP contribution in [0.1, 0.15) is 55.6 Å². The predicted molar refractivity (Wildman–Crippen MR) is 121 cm³/mol. The van der Waals surface area contributed by atoms with Crippen molar-refractivity contribution in [2.75, 3.05) is 32.7 Å². The average Bonchev–Trinajstić information content (AvgIpc) is 3.60. The van der Waals surface area contributed by atoms with Gasteiger partial charge in [-0.2, -0.15) is 0 Å². The third-order valence-electron chi connectivity index (χ3n) is 7.80. The summed E-state index contributed by atoms with van der Waals surface area (Å²) in [5.74, 6) is 1.42. The molecule has 2 aliphatic heterocycles. The molecule has 31 heavy (non-hydrogen) atoms. The molecule has 0 spiro atoms. The summed E-state index contributed by atoms with van der Waals surface area (Å²) in [6.45, 7) is 4.87. The summed E-state index contributed by atoms with van der Waals surface area (Å²) < 4.78 is 13.2. The van der Waals surface area contributed by atoms with Crippen molar-refractivity contribution >= 4 is 5.91 Å². The molecule has 164 valence electrons. The van der Waals surface area contributed by atoms with Crippen LogP contribution in [-0.2, 0) is 10.2 Å². The van der Waals surface area contributed by atoms with Gasteiger partial charge in [0, 0.05) is 19.6 Å². The summed E-state index contributed by atoms with van der Waals surface area (Å²) in [4.78, 5) is 18.4. The Morgan fingerprint density at radius 1 is 0.903 bits per heavy atom. The number of halogens is 1. The highest BCUT2D eigenvalue weighted by Gasteiger charge is 2.46. The Morgan fingerprint density at radius 2 is 1.58 bits per heavy atom. The minimum Gasteiger partial charge on any atom is -0.342 e. The maximum absolute atomic E-state index is 13.8. The molecule has 1 saturated carbocycles. The first-order valence-corrected chi connectivity index (χ1v) is 12.0. The number of piperidine rings is 2. The minimum absolute atomic E-state index is 0.160. The Hall–Kier alpha value is -2.20. The van der Waals surface area contributed by atoms with Gasteiger partial charge in [0.2, 0.25) is 5.91 Å². The quantitative estimate of drug-likeness (QED) is 0.681. The Morgan fingerprint density at radius 3 is 2.26 bits per heavy atom. The molecule has 1 aliphatic carbocycles. The molecular formula is C27H33FN2O. The summed E-state index contributed by atoms with van der Waals surface area (Å²) in [7, 11) is 0. The fourth-order valence-electron chi connectivity index (χ4n) is 5.80. The molecule has 2 unspecified atom stereocenters. The second-order valence-electron chi connectivity index (χ2n) is 9.76. The lowest BCUT2D eigenvalue weighted by Gasteiger charge is -2.44. The summed E-state index contributed by atoms with van der Waals surface area (Å²) >= 11 is 0. The lowest BCUT2D eigenvalue weighted by molar-refractivity contribution is -0.140. The van der Waals surface area contributed by atoms with Crippen LogP contribution in [0.5, 0.6) is 0 Å². The molecule has 2 heterocycles. The predicted octanol–water partition coefficient (Wildman–Crippen LogP) is 4.98. The van der Waals surface area contributed by atoms with Gasteiger partial charge in [0.1, 0.15) is 5.82 Å². The number of nitrogens with zero attached hydrogens (tertiary/aromatic N) is 2. The summed E-state index contributed by atoms with van der Waals surface area (Å²) in [5.41, 5.74) is 2.10. The number of carbonyl (C=O) groups excluding carboxylic acids is 1. The van der Waals surface area contributed by atoms with Crippen LogP contribution in [0.4, 0.5) is 4.39 Å². The van der Waals surface area contributed by atoms with Gasteiger partial charge in [-0.15, -0.1) is 0 Å². The SMILES string of the molecule is O=C(N1CCCCC1)C1(c2ccccc2)CCN(CC2CC2c2ccc(F)cc2)CC1. The molecule has 2 aromatic rings. The van der Waals surface area contributed by atoms with E-state index in [1.165, 1.54) is 24.0 Å². The van der Waals surface area contributed by atoms with E-state index in [2.05, 4.69) is 34.1 Å². The number of likely N-dealkylation sites (tertiary alicyclic amines) is 2. The number of rotatable bonds is 5. The van der Waals surface area contributed by atoms with E-state index in [-0.39, 0.29) is 11.2 Å². The first-order valence-electron chi connectivity index (χ1n) is 12.0. The highest BCUT2D eigenvalue weighted by atomic mass is 19.1. The molecule has 0 aromatic heterocycles. The molecule has 2 atom stereocenters. The van der Waals surface area contributed by atoms with Gasteiger partial charge in [0.25, 0.3) is 0 Å². The molecule has 3 fully saturated rings. The van der Waals surface area contributed by atoms with E-state index in [4.69, 9.17) is 0 Å². The van der Waals surface area contributed by atoms with Gasteiger partial charge < -0.3 is 9.80 Å². The van der Waals surface area contributed by atoms with Gasteiger partial charge in [-0.25, -0.2) is 4.39 Å². The number of hydrogen-bond donors (Lipinski definition) is 0. The van der Waals surface area contributed by atoms with Gasteiger partial charge in [-0.1, -0.05) is 42.5 Å². The molecule has 4 heteroatoms. The lowest BCUT2D eigenvalue weighted by atomic mass is 9.71. The minimum atomic E-state index is -0.366. The van der Waals surface area contributed by atoms with Crippen molar-refractivity contribution < 1.29 is 9.18 Å². The van der Waals surface area contributed by atoms with Crippen LogP contribution in [0.3, 0.4) is 0 Å². The van der Waals surface area contributed by atoms with E-state index < -0.39 is 0 Å². The Kier molecular flexibility index (Phi) is 5.83. The van der Waals surface area contributed by atoms with Gasteiger partial charge in [0.15, 0.2) is 0 Å². The second-order valence-corrected chi connectivity index (χ2v) is 9.76. The van der Waals surface area contributed by atoms with Crippen LogP contribution >= 0.6 is 0 Å². The van der Waals surface area contributed by atoms with E-state index >= 15 is 0 Å². The monoisotopic (exact) mass is 420 g/mol. The average molecular weight is 421 g/mol. The van der Waals surface area contributed by atoms with Crippen molar-refractivity contribution in [3.05, 3.63) is 71.5 Å². The van der Waals surface area contributed by atoms with Gasteiger partial charge in [0.05, 0.1) is 5.41 Å². The van der Waals surface area contributed by atoms with Gasteiger partial charge >= 0.3 is 0 Å². The van der Waals surface area contributed by atoms with E-state index in [1.54, 1.807) is 12.1 Å². The van der Waals surface area contributed by atoms with Crippen molar-refractivity contribution in [1.29, 1.82) is 0 Å². The Bertz CT molecular complexity index is 883.